The summed E-state index contributed by atoms with van der Waals surface area (Å²) in [5, 5.41) is 12.3. The van der Waals surface area contributed by atoms with Gasteiger partial charge < -0.3 is 10.4 Å². The molecule has 0 fully saturated rings. The quantitative estimate of drug-likeness (QED) is 0.721. The number of nitrogens with one attached hydrogen (secondary N) is 1. The van der Waals surface area contributed by atoms with Gasteiger partial charge in [0.25, 0.3) is 0 Å². The average Bonchev–Trinajstić information content (AvgIpc) is 2.20. The first kappa shape index (κ1) is 11.1. The predicted octanol–water partition coefficient (Wildman–Crippen LogP) is 0.583. The summed E-state index contributed by atoms with van der Waals surface area (Å²) in [4.78, 5) is 7.84. The lowest BCUT2D eigenvalue weighted by atomic mass is 10.1. The van der Waals surface area contributed by atoms with Crippen LogP contribution < -0.4 is 5.32 Å². The summed E-state index contributed by atoms with van der Waals surface area (Å²) in [6.45, 7) is 5.01. The highest BCUT2D eigenvalue weighted by Crippen LogP contribution is 2.02. The predicted molar refractivity (Wildman–Crippen MR) is 54.6 cm³/mol. The normalized spacial score (nSPS) is 13.1. The molecule has 0 bridgehead atoms. The van der Waals surface area contributed by atoms with Gasteiger partial charge in [-0.3, -0.25) is 0 Å². The van der Waals surface area contributed by atoms with E-state index in [2.05, 4.69) is 29.1 Å². The maximum Gasteiger partial charge on any atom is 0.115 e. The smallest absolute Gasteiger partial charge is 0.115 e. The van der Waals surface area contributed by atoms with Crippen molar-refractivity contribution in [3.63, 3.8) is 0 Å². The Bertz CT molecular complexity index is 251. The third kappa shape index (κ3) is 3.40. The van der Waals surface area contributed by atoms with Gasteiger partial charge in [0.15, 0.2) is 0 Å². The molecule has 1 aromatic rings. The zero-order chi connectivity index (χ0) is 10.4. The summed E-state index contributed by atoms with van der Waals surface area (Å²) in [6, 6.07) is 0.134. The van der Waals surface area contributed by atoms with Gasteiger partial charge in [-0.1, -0.05) is 13.8 Å². The highest BCUT2D eigenvalue weighted by molar-refractivity contribution is 5.01. The molecule has 78 valence electrons. The Morgan fingerprint density at radius 1 is 1.36 bits per heavy atom. The molecule has 0 saturated carbocycles. The minimum absolute atomic E-state index is 0.134. The number of aliphatic hydroxyl groups is 1. The molecule has 4 nitrogen and oxygen atoms in total. The monoisotopic (exact) mass is 195 g/mol. The van der Waals surface area contributed by atoms with E-state index in [1.54, 1.807) is 12.4 Å². The van der Waals surface area contributed by atoms with Gasteiger partial charge in [0.05, 0.1) is 6.61 Å². The van der Waals surface area contributed by atoms with Crippen molar-refractivity contribution in [1.29, 1.82) is 0 Å². The molecule has 1 aromatic heterocycles. The van der Waals surface area contributed by atoms with E-state index in [-0.39, 0.29) is 12.6 Å². The molecule has 1 atom stereocenters. The van der Waals surface area contributed by atoms with Gasteiger partial charge in [0.2, 0.25) is 0 Å². The van der Waals surface area contributed by atoms with Crippen molar-refractivity contribution >= 4 is 0 Å². The molecule has 0 spiro atoms. The van der Waals surface area contributed by atoms with Crippen molar-refractivity contribution in [2.75, 3.05) is 6.61 Å². The van der Waals surface area contributed by atoms with Crippen LogP contribution in [0.5, 0.6) is 0 Å². The fraction of sp³-hybridized carbons (Fsp3) is 0.600. The zero-order valence-electron chi connectivity index (χ0n) is 8.64. The molecule has 0 saturated heterocycles. The van der Waals surface area contributed by atoms with E-state index in [1.165, 1.54) is 6.33 Å². The molecule has 0 aliphatic carbocycles. The van der Waals surface area contributed by atoms with Gasteiger partial charge >= 0.3 is 0 Å². The Kier molecular flexibility index (Phi) is 4.49. The van der Waals surface area contributed by atoms with Crippen molar-refractivity contribution in [2.24, 2.45) is 5.92 Å². The maximum atomic E-state index is 9.08. The summed E-state index contributed by atoms with van der Waals surface area (Å²) in [7, 11) is 0. The van der Waals surface area contributed by atoms with Gasteiger partial charge in [0.1, 0.15) is 6.33 Å². The molecule has 4 heteroatoms. The summed E-state index contributed by atoms with van der Waals surface area (Å²) in [5.41, 5.74) is 1.03. The minimum atomic E-state index is 0.134. The van der Waals surface area contributed by atoms with Crippen LogP contribution in [0, 0.1) is 5.92 Å². The SMILES string of the molecule is CC(C)C(CO)NCc1cncnc1. The van der Waals surface area contributed by atoms with Crippen LogP contribution in [0.15, 0.2) is 18.7 Å². The van der Waals surface area contributed by atoms with E-state index in [1.807, 2.05) is 0 Å². The number of hydrogen-bond acceptors (Lipinski definition) is 4. The topological polar surface area (TPSA) is 58.0 Å². The van der Waals surface area contributed by atoms with Crippen LogP contribution in [0.3, 0.4) is 0 Å². The Labute approximate surface area is 84.4 Å². The first-order valence-corrected chi connectivity index (χ1v) is 4.82. The summed E-state index contributed by atoms with van der Waals surface area (Å²) in [5.74, 6) is 0.421. The van der Waals surface area contributed by atoms with Crippen LogP contribution in [0.25, 0.3) is 0 Å². The van der Waals surface area contributed by atoms with Gasteiger partial charge in [-0.25, -0.2) is 9.97 Å². The largest absolute Gasteiger partial charge is 0.395 e. The molecule has 0 aliphatic heterocycles. The lowest BCUT2D eigenvalue weighted by Gasteiger charge is -2.19. The fourth-order valence-electron chi connectivity index (χ4n) is 1.18. The van der Waals surface area contributed by atoms with Crippen LogP contribution in [0.2, 0.25) is 0 Å². The van der Waals surface area contributed by atoms with E-state index < -0.39 is 0 Å². The molecular formula is C10H17N3O. The lowest BCUT2D eigenvalue weighted by molar-refractivity contribution is 0.210. The number of nitrogens with zero attached hydrogens (tertiary/aromatic N) is 2. The molecule has 14 heavy (non-hydrogen) atoms. The molecule has 0 aliphatic rings. The number of aliphatic hydroxyl groups excluding tert-OH is 1. The van der Waals surface area contributed by atoms with Crippen LogP contribution in [-0.4, -0.2) is 27.7 Å². The standard InChI is InChI=1S/C10H17N3O/c1-8(2)10(6-14)13-5-9-3-11-7-12-4-9/h3-4,7-8,10,13-14H,5-6H2,1-2H3. The highest BCUT2D eigenvalue weighted by atomic mass is 16.3. The maximum absolute atomic E-state index is 9.08. The van der Waals surface area contributed by atoms with Gasteiger partial charge in [-0.2, -0.15) is 0 Å². The van der Waals surface area contributed by atoms with Crippen LogP contribution >= 0.6 is 0 Å². The Morgan fingerprint density at radius 3 is 2.50 bits per heavy atom. The van der Waals surface area contributed by atoms with Crippen LogP contribution in [0.1, 0.15) is 19.4 Å². The Hall–Kier alpha value is -1.00. The van der Waals surface area contributed by atoms with Gasteiger partial charge in [-0.15, -0.1) is 0 Å². The zero-order valence-corrected chi connectivity index (χ0v) is 8.64. The van der Waals surface area contributed by atoms with Crippen molar-refractivity contribution in [2.45, 2.75) is 26.4 Å². The molecule has 0 amide bonds. The van der Waals surface area contributed by atoms with Gasteiger partial charge in [-0.05, 0) is 5.92 Å². The highest BCUT2D eigenvalue weighted by Gasteiger charge is 2.10. The van der Waals surface area contributed by atoms with Crippen LogP contribution in [-0.2, 0) is 6.54 Å². The number of aromatic nitrogens is 2. The average molecular weight is 195 g/mol. The number of hydrogen-bond donors (Lipinski definition) is 2. The first-order valence-electron chi connectivity index (χ1n) is 4.82. The molecule has 1 unspecified atom stereocenters. The van der Waals surface area contributed by atoms with Gasteiger partial charge in [0, 0.05) is 30.5 Å². The second-order valence-electron chi connectivity index (χ2n) is 3.66. The van der Waals surface area contributed by atoms with Crippen molar-refractivity contribution < 1.29 is 5.11 Å². The van der Waals surface area contributed by atoms with E-state index in [9.17, 15) is 0 Å². The third-order valence-electron chi connectivity index (χ3n) is 2.18. The summed E-state index contributed by atoms with van der Waals surface area (Å²) in [6.07, 6.45) is 5.05. The second kappa shape index (κ2) is 5.67. The van der Waals surface area contributed by atoms with E-state index in [0.717, 1.165) is 5.56 Å². The molecule has 1 rings (SSSR count). The Morgan fingerprint density at radius 2 is 2.00 bits per heavy atom. The molecule has 1 heterocycles. The molecular weight excluding hydrogens is 178 g/mol. The summed E-state index contributed by atoms with van der Waals surface area (Å²) >= 11 is 0. The second-order valence-corrected chi connectivity index (χ2v) is 3.66. The van der Waals surface area contributed by atoms with E-state index >= 15 is 0 Å². The van der Waals surface area contributed by atoms with Crippen molar-refractivity contribution in [1.82, 2.24) is 15.3 Å². The first-order chi connectivity index (χ1) is 6.74. The third-order valence-corrected chi connectivity index (χ3v) is 2.18. The summed E-state index contributed by atoms with van der Waals surface area (Å²) < 4.78 is 0. The van der Waals surface area contributed by atoms with Crippen molar-refractivity contribution in [3.05, 3.63) is 24.3 Å². The Balaban J connectivity index is 2.40. The lowest BCUT2D eigenvalue weighted by Crippen LogP contribution is -2.36. The van der Waals surface area contributed by atoms with E-state index in [0.29, 0.717) is 12.5 Å². The molecule has 2 N–H and O–H groups in total. The molecule has 0 radical (unpaired) electrons. The minimum Gasteiger partial charge on any atom is -0.395 e. The molecule has 0 aromatic carbocycles. The van der Waals surface area contributed by atoms with Crippen molar-refractivity contribution in [3.8, 4) is 0 Å². The number of rotatable bonds is 5. The van der Waals surface area contributed by atoms with E-state index in [4.69, 9.17) is 5.11 Å². The fourth-order valence-corrected chi connectivity index (χ4v) is 1.18. The van der Waals surface area contributed by atoms with Crippen LogP contribution in [0.4, 0.5) is 0 Å².